The minimum atomic E-state index is 0.0368. The third kappa shape index (κ3) is 9.33. The predicted octanol–water partition coefficient (Wildman–Crippen LogP) is 8.33. The molecule has 0 amide bonds. The Kier molecular flexibility index (Phi) is 11.1. The summed E-state index contributed by atoms with van der Waals surface area (Å²) >= 11 is 0. The number of hydrogen-bond donors (Lipinski definition) is 0. The van der Waals surface area contributed by atoms with Gasteiger partial charge in [-0.2, -0.15) is 0 Å². The van der Waals surface area contributed by atoms with E-state index in [1.807, 2.05) is 42.5 Å². The molecule has 0 aliphatic heterocycles. The van der Waals surface area contributed by atoms with Crippen molar-refractivity contribution < 1.29 is 9.53 Å². The van der Waals surface area contributed by atoms with Gasteiger partial charge in [0.05, 0.1) is 6.61 Å². The fraction of sp³-hybridized carbons (Fsp3) is 0.281. The van der Waals surface area contributed by atoms with Gasteiger partial charge in [0, 0.05) is 12.2 Å². The summed E-state index contributed by atoms with van der Waals surface area (Å²) in [5, 5.41) is 0. The number of ether oxygens (including phenoxy) is 1. The second-order valence-electron chi connectivity index (χ2n) is 8.67. The van der Waals surface area contributed by atoms with Crippen LogP contribution in [-0.4, -0.2) is 12.4 Å². The normalized spacial score (nSPS) is 11.1. The van der Waals surface area contributed by atoms with Gasteiger partial charge in [0.15, 0.2) is 5.78 Å². The van der Waals surface area contributed by atoms with Crippen molar-refractivity contribution in [3.05, 3.63) is 119 Å². The van der Waals surface area contributed by atoms with Crippen LogP contribution in [0.15, 0.2) is 91.5 Å². The Hall–Kier alpha value is -3.23. The van der Waals surface area contributed by atoms with Crippen LogP contribution in [0.4, 0.5) is 0 Å². The van der Waals surface area contributed by atoms with Crippen molar-refractivity contribution in [3.63, 3.8) is 0 Å². The minimum Gasteiger partial charge on any atom is -0.377 e. The largest absolute Gasteiger partial charge is 0.377 e. The van der Waals surface area contributed by atoms with Crippen molar-refractivity contribution in [3.8, 4) is 0 Å². The average Bonchev–Trinajstić information content (AvgIpc) is 2.90. The zero-order valence-electron chi connectivity index (χ0n) is 20.1. The molecule has 34 heavy (non-hydrogen) atoms. The molecule has 2 nitrogen and oxygen atoms in total. The summed E-state index contributed by atoms with van der Waals surface area (Å²) in [6.07, 6.45) is 13.9. The lowest BCUT2D eigenvalue weighted by Crippen LogP contribution is -1.95. The van der Waals surface area contributed by atoms with Gasteiger partial charge in [-0.15, -0.1) is 0 Å². The summed E-state index contributed by atoms with van der Waals surface area (Å²) in [5.41, 5.74) is 5.50. The van der Waals surface area contributed by atoms with Gasteiger partial charge in [0.1, 0.15) is 0 Å². The summed E-state index contributed by atoms with van der Waals surface area (Å²) in [7, 11) is 0. The third-order valence-corrected chi connectivity index (χ3v) is 5.95. The molecule has 3 rings (SSSR count). The highest BCUT2D eigenvalue weighted by molar-refractivity contribution is 6.06. The van der Waals surface area contributed by atoms with E-state index in [4.69, 9.17) is 4.74 Å². The Morgan fingerprint density at radius 2 is 1.32 bits per heavy atom. The van der Waals surface area contributed by atoms with Gasteiger partial charge in [0.25, 0.3) is 0 Å². The quantitative estimate of drug-likeness (QED) is 0.132. The Balaban J connectivity index is 1.21. The van der Waals surface area contributed by atoms with Gasteiger partial charge in [-0.1, -0.05) is 123 Å². The Morgan fingerprint density at radius 3 is 2.03 bits per heavy atom. The lowest BCUT2D eigenvalue weighted by Gasteiger charge is -2.06. The van der Waals surface area contributed by atoms with Crippen molar-refractivity contribution in [1.82, 2.24) is 0 Å². The van der Waals surface area contributed by atoms with E-state index < -0.39 is 0 Å². The molecule has 0 heterocycles. The number of ketones is 1. The molecule has 0 aliphatic rings. The van der Waals surface area contributed by atoms with Gasteiger partial charge < -0.3 is 4.74 Å². The van der Waals surface area contributed by atoms with Crippen molar-refractivity contribution in [2.45, 2.75) is 51.6 Å². The number of carbonyl (C=O) groups excluding carboxylic acids is 1. The number of carbonyl (C=O) groups is 1. The van der Waals surface area contributed by atoms with Crippen LogP contribution in [0, 0.1) is 0 Å². The zero-order chi connectivity index (χ0) is 23.8. The molecular formula is C32H36O2. The Bertz CT molecular complexity index is 1010. The van der Waals surface area contributed by atoms with Crippen LogP contribution >= 0.6 is 0 Å². The van der Waals surface area contributed by atoms with E-state index >= 15 is 0 Å². The van der Waals surface area contributed by atoms with E-state index in [0.717, 1.165) is 36.1 Å². The number of hydrogen-bond acceptors (Lipinski definition) is 2. The van der Waals surface area contributed by atoms with E-state index in [1.54, 1.807) is 6.08 Å². The fourth-order valence-electron chi connectivity index (χ4n) is 3.85. The molecule has 0 bridgehead atoms. The maximum atomic E-state index is 12.2. The van der Waals surface area contributed by atoms with E-state index in [0.29, 0.717) is 6.61 Å². The van der Waals surface area contributed by atoms with Crippen LogP contribution < -0.4 is 0 Å². The van der Waals surface area contributed by atoms with Crippen molar-refractivity contribution >= 4 is 17.9 Å². The van der Waals surface area contributed by atoms with Crippen LogP contribution in [0.2, 0.25) is 0 Å². The molecule has 3 aromatic carbocycles. The molecular weight excluding hydrogens is 416 g/mol. The molecule has 0 aliphatic carbocycles. The molecule has 0 radical (unpaired) electrons. The molecule has 3 aromatic rings. The second kappa shape index (κ2) is 14.8. The predicted molar refractivity (Wildman–Crippen MR) is 144 cm³/mol. The van der Waals surface area contributed by atoms with E-state index in [1.165, 1.54) is 43.2 Å². The SMILES string of the molecule is C=Cc1ccc(COCCCCCCCCc2ccc(C=CC(=O)c3ccccc3)cc2)cc1. The molecule has 0 spiro atoms. The average molecular weight is 453 g/mol. The van der Waals surface area contributed by atoms with Crippen LogP contribution in [0.25, 0.3) is 12.2 Å². The molecule has 0 fully saturated rings. The summed E-state index contributed by atoms with van der Waals surface area (Å²) < 4.78 is 5.79. The number of rotatable bonds is 15. The monoisotopic (exact) mass is 452 g/mol. The van der Waals surface area contributed by atoms with E-state index in [2.05, 4.69) is 55.1 Å². The standard InChI is InChI=1S/C32H36O2/c1-2-27-15-21-30(22-16-27)26-34-25-11-6-4-3-5-8-12-28-17-19-29(20-18-28)23-24-32(33)31-13-9-7-10-14-31/h2,7,9-10,13-24H,1,3-6,8,11-12,25-26H2. The Labute approximate surface area is 205 Å². The number of benzene rings is 3. The Morgan fingerprint density at radius 1 is 0.706 bits per heavy atom. The maximum Gasteiger partial charge on any atom is 0.185 e. The van der Waals surface area contributed by atoms with Crippen LogP contribution in [0.1, 0.15) is 71.1 Å². The lowest BCUT2D eigenvalue weighted by atomic mass is 10.0. The van der Waals surface area contributed by atoms with Crippen LogP contribution in [0.5, 0.6) is 0 Å². The first-order valence-electron chi connectivity index (χ1n) is 12.4. The second-order valence-corrected chi connectivity index (χ2v) is 8.67. The number of unbranched alkanes of at least 4 members (excludes halogenated alkanes) is 5. The lowest BCUT2D eigenvalue weighted by molar-refractivity contribution is 0.104. The zero-order valence-corrected chi connectivity index (χ0v) is 20.1. The van der Waals surface area contributed by atoms with Gasteiger partial charge in [-0.3, -0.25) is 4.79 Å². The molecule has 0 saturated carbocycles. The van der Waals surface area contributed by atoms with Gasteiger partial charge in [-0.05, 0) is 47.6 Å². The minimum absolute atomic E-state index is 0.0368. The van der Waals surface area contributed by atoms with Crippen molar-refractivity contribution in [2.75, 3.05) is 6.61 Å². The summed E-state index contributed by atoms with van der Waals surface area (Å²) in [6.45, 7) is 5.30. The highest BCUT2D eigenvalue weighted by Gasteiger charge is 2.00. The fourth-order valence-corrected chi connectivity index (χ4v) is 3.85. The van der Waals surface area contributed by atoms with Crippen molar-refractivity contribution in [2.24, 2.45) is 0 Å². The van der Waals surface area contributed by atoms with Crippen molar-refractivity contribution in [1.29, 1.82) is 0 Å². The van der Waals surface area contributed by atoms with E-state index in [-0.39, 0.29) is 5.78 Å². The first-order chi connectivity index (χ1) is 16.7. The maximum absolute atomic E-state index is 12.2. The molecule has 0 atom stereocenters. The number of aryl methyl sites for hydroxylation is 1. The smallest absolute Gasteiger partial charge is 0.185 e. The van der Waals surface area contributed by atoms with Crippen LogP contribution in [0.3, 0.4) is 0 Å². The third-order valence-electron chi connectivity index (χ3n) is 5.95. The molecule has 2 heteroatoms. The molecule has 0 aromatic heterocycles. The topological polar surface area (TPSA) is 26.3 Å². The highest BCUT2D eigenvalue weighted by Crippen LogP contribution is 2.13. The number of allylic oxidation sites excluding steroid dienone is 1. The molecule has 0 N–H and O–H groups in total. The summed E-state index contributed by atoms with van der Waals surface area (Å²) in [4.78, 5) is 12.2. The van der Waals surface area contributed by atoms with Crippen LogP contribution in [-0.2, 0) is 17.8 Å². The van der Waals surface area contributed by atoms with Gasteiger partial charge >= 0.3 is 0 Å². The first-order valence-corrected chi connectivity index (χ1v) is 12.4. The molecule has 0 saturated heterocycles. The molecule has 0 unspecified atom stereocenters. The molecule has 176 valence electrons. The summed E-state index contributed by atoms with van der Waals surface area (Å²) in [6, 6.07) is 26.3. The summed E-state index contributed by atoms with van der Waals surface area (Å²) in [5.74, 6) is 0.0368. The van der Waals surface area contributed by atoms with Gasteiger partial charge in [0.2, 0.25) is 0 Å². The van der Waals surface area contributed by atoms with Gasteiger partial charge in [-0.25, -0.2) is 0 Å². The first kappa shape index (κ1) is 25.4. The van der Waals surface area contributed by atoms with E-state index in [9.17, 15) is 4.79 Å². The highest BCUT2D eigenvalue weighted by atomic mass is 16.5.